The van der Waals surface area contributed by atoms with Crippen molar-refractivity contribution in [2.24, 2.45) is 0 Å². The van der Waals surface area contributed by atoms with Gasteiger partial charge in [-0.2, -0.15) is 5.01 Å². The Kier molecular flexibility index (Phi) is 5.31. The average Bonchev–Trinajstić information content (AvgIpc) is 3.34. The van der Waals surface area contributed by atoms with E-state index in [-0.39, 0.29) is 12.5 Å². The minimum absolute atomic E-state index is 0.102. The maximum absolute atomic E-state index is 12.5. The second-order valence-electron chi connectivity index (χ2n) is 7.21. The van der Waals surface area contributed by atoms with Crippen LogP contribution in [0.2, 0.25) is 0 Å². The molecule has 2 aliphatic rings. The Bertz CT molecular complexity index is 669. The number of imide groups is 1. The van der Waals surface area contributed by atoms with Crippen LogP contribution in [0.3, 0.4) is 0 Å². The minimum atomic E-state index is -0.969. The third-order valence-electron chi connectivity index (χ3n) is 5.33. The second-order valence-corrected chi connectivity index (χ2v) is 7.21. The molecule has 0 radical (unpaired) electrons. The largest absolute Gasteiger partial charge is 0.468 e. The van der Waals surface area contributed by atoms with E-state index < -0.39 is 17.5 Å². The maximum atomic E-state index is 12.5. The first-order valence-electron chi connectivity index (χ1n) is 9.15. The predicted molar refractivity (Wildman–Crippen MR) is 93.6 cm³/mol. The summed E-state index contributed by atoms with van der Waals surface area (Å²) in [5, 5.41) is 3.42. The third-order valence-corrected chi connectivity index (χ3v) is 5.33. The van der Waals surface area contributed by atoms with Crippen LogP contribution in [0.1, 0.15) is 51.7 Å². The van der Waals surface area contributed by atoms with Gasteiger partial charge in [-0.3, -0.25) is 19.9 Å². The van der Waals surface area contributed by atoms with Crippen LogP contribution in [0, 0.1) is 0 Å². The Labute approximate surface area is 152 Å². The smallest absolute Gasteiger partial charge is 0.344 e. The molecule has 1 saturated heterocycles. The number of nitrogens with one attached hydrogen (secondary N) is 2. The van der Waals surface area contributed by atoms with E-state index >= 15 is 0 Å². The van der Waals surface area contributed by atoms with Gasteiger partial charge in [-0.05, 0) is 38.3 Å². The number of amides is 4. The number of carbonyl (C=O) groups is 3. The highest BCUT2D eigenvalue weighted by atomic mass is 16.3. The zero-order chi connectivity index (χ0) is 18.7. The molecular weight excluding hydrogens is 336 g/mol. The van der Waals surface area contributed by atoms with E-state index in [2.05, 4.69) is 15.6 Å². The predicted octanol–water partition coefficient (Wildman–Crippen LogP) is 1.78. The van der Waals surface area contributed by atoms with Gasteiger partial charge in [0.1, 0.15) is 11.3 Å². The summed E-state index contributed by atoms with van der Waals surface area (Å²) < 4.78 is 5.41. The molecule has 0 aromatic carbocycles. The van der Waals surface area contributed by atoms with Gasteiger partial charge >= 0.3 is 6.03 Å². The van der Waals surface area contributed by atoms with Gasteiger partial charge in [-0.1, -0.05) is 19.8 Å². The Balaban J connectivity index is 1.64. The van der Waals surface area contributed by atoms with Crippen LogP contribution in [0.25, 0.3) is 0 Å². The van der Waals surface area contributed by atoms with Gasteiger partial charge in [0.05, 0.1) is 19.4 Å². The van der Waals surface area contributed by atoms with Crippen LogP contribution in [0.5, 0.6) is 0 Å². The average molecular weight is 362 g/mol. The molecule has 0 bridgehead atoms. The molecule has 0 spiro atoms. The number of furan rings is 1. The molecule has 2 fully saturated rings. The number of hydrogen-bond donors (Lipinski definition) is 2. The monoisotopic (exact) mass is 362 g/mol. The quantitative estimate of drug-likeness (QED) is 0.721. The molecule has 3 rings (SSSR count). The van der Waals surface area contributed by atoms with Crippen molar-refractivity contribution in [3.05, 3.63) is 24.2 Å². The van der Waals surface area contributed by atoms with Crippen molar-refractivity contribution in [3.8, 4) is 0 Å². The first-order valence-corrected chi connectivity index (χ1v) is 9.15. The van der Waals surface area contributed by atoms with E-state index in [0.717, 1.165) is 36.5 Å². The number of rotatable bonds is 7. The molecule has 8 nitrogen and oxygen atoms in total. The van der Waals surface area contributed by atoms with E-state index in [9.17, 15) is 14.4 Å². The number of hydrazine groups is 1. The first-order chi connectivity index (χ1) is 12.4. The summed E-state index contributed by atoms with van der Waals surface area (Å²) in [6.07, 6.45) is 6.42. The lowest BCUT2D eigenvalue weighted by atomic mass is 10.00. The topological polar surface area (TPSA) is 94.9 Å². The third kappa shape index (κ3) is 3.75. The summed E-state index contributed by atoms with van der Waals surface area (Å²) in [7, 11) is 0. The van der Waals surface area contributed by atoms with Gasteiger partial charge in [-0.25, -0.2) is 4.79 Å². The normalized spacial score (nSPS) is 23.7. The SMILES string of the molecule is CCC1(C)NC(=O)N(NC(=O)CN(Cc2ccco2)C2CCCC2)C1=O. The van der Waals surface area contributed by atoms with Crippen LogP contribution in [-0.4, -0.2) is 45.9 Å². The number of urea groups is 1. The molecule has 2 N–H and O–H groups in total. The van der Waals surface area contributed by atoms with E-state index in [0.29, 0.717) is 19.0 Å². The van der Waals surface area contributed by atoms with Crippen LogP contribution in [-0.2, 0) is 16.1 Å². The maximum Gasteiger partial charge on any atom is 0.344 e. The molecule has 4 amide bonds. The van der Waals surface area contributed by atoms with E-state index in [1.54, 1.807) is 13.2 Å². The lowest BCUT2D eigenvalue weighted by Gasteiger charge is -2.28. The zero-order valence-electron chi connectivity index (χ0n) is 15.3. The Hall–Kier alpha value is -2.35. The highest BCUT2D eigenvalue weighted by Crippen LogP contribution is 2.25. The molecule has 26 heavy (non-hydrogen) atoms. The highest BCUT2D eigenvalue weighted by Gasteiger charge is 2.47. The highest BCUT2D eigenvalue weighted by molar-refractivity contribution is 6.07. The van der Waals surface area contributed by atoms with Gasteiger partial charge in [0.2, 0.25) is 0 Å². The van der Waals surface area contributed by atoms with Crippen LogP contribution in [0.15, 0.2) is 22.8 Å². The molecule has 8 heteroatoms. The summed E-state index contributed by atoms with van der Waals surface area (Å²) in [6.45, 7) is 4.10. The van der Waals surface area contributed by atoms with Gasteiger partial charge in [0.25, 0.3) is 11.8 Å². The van der Waals surface area contributed by atoms with Gasteiger partial charge in [-0.15, -0.1) is 0 Å². The summed E-state index contributed by atoms with van der Waals surface area (Å²) in [6, 6.07) is 3.41. The first kappa shape index (κ1) is 18.4. The van der Waals surface area contributed by atoms with Crippen molar-refractivity contribution in [1.82, 2.24) is 20.7 Å². The number of nitrogens with zero attached hydrogens (tertiary/aromatic N) is 2. The van der Waals surface area contributed by atoms with Crippen molar-refractivity contribution in [2.45, 2.75) is 64.1 Å². The summed E-state index contributed by atoms with van der Waals surface area (Å²) in [5.41, 5.74) is 1.49. The summed E-state index contributed by atoms with van der Waals surface area (Å²) in [4.78, 5) is 39.0. The fraction of sp³-hybridized carbons (Fsp3) is 0.611. The van der Waals surface area contributed by atoms with Gasteiger partial charge in [0, 0.05) is 6.04 Å². The number of hydrogen-bond acceptors (Lipinski definition) is 5. The van der Waals surface area contributed by atoms with Gasteiger partial charge in [0.15, 0.2) is 0 Å². The van der Waals surface area contributed by atoms with Crippen molar-refractivity contribution in [3.63, 3.8) is 0 Å². The van der Waals surface area contributed by atoms with Crippen LogP contribution < -0.4 is 10.7 Å². The standard InChI is InChI=1S/C18H26N4O4/c1-3-18(2)16(24)22(17(25)19-18)20-15(23)12-21(13-7-4-5-8-13)11-14-9-6-10-26-14/h6,9-10,13H,3-5,7-8,11-12H2,1-2H3,(H,19,25)(H,20,23). The second kappa shape index (κ2) is 7.49. The van der Waals surface area contributed by atoms with Crippen molar-refractivity contribution >= 4 is 17.8 Å². The fourth-order valence-corrected chi connectivity index (χ4v) is 3.56. The number of carbonyl (C=O) groups excluding carboxylic acids is 3. The fourth-order valence-electron chi connectivity index (χ4n) is 3.56. The van der Waals surface area contributed by atoms with E-state index in [1.807, 2.05) is 19.1 Å². The molecule has 1 aromatic heterocycles. The lowest BCUT2D eigenvalue weighted by Crippen LogP contribution is -2.52. The minimum Gasteiger partial charge on any atom is -0.468 e. The van der Waals surface area contributed by atoms with Crippen LogP contribution >= 0.6 is 0 Å². The Morgan fingerprint density at radius 2 is 2.15 bits per heavy atom. The van der Waals surface area contributed by atoms with Crippen molar-refractivity contribution in [2.75, 3.05) is 6.54 Å². The molecule has 1 aliphatic carbocycles. The summed E-state index contributed by atoms with van der Waals surface area (Å²) >= 11 is 0. The van der Waals surface area contributed by atoms with Crippen molar-refractivity contribution in [1.29, 1.82) is 0 Å². The molecule has 1 saturated carbocycles. The molecular formula is C18H26N4O4. The molecule has 1 unspecified atom stereocenters. The van der Waals surface area contributed by atoms with Gasteiger partial charge < -0.3 is 9.73 Å². The molecule has 1 atom stereocenters. The molecule has 2 heterocycles. The lowest BCUT2D eigenvalue weighted by molar-refractivity contribution is -0.139. The molecule has 1 aliphatic heterocycles. The van der Waals surface area contributed by atoms with E-state index in [1.165, 1.54) is 0 Å². The van der Waals surface area contributed by atoms with Crippen molar-refractivity contribution < 1.29 is 18.8 Å². The Morgan fingerprint density at radius 3 is 2.73 bits per heavy atom. The van der Waals surface area contributed by atoms with Crippen LogP contribution in [0.4, 0.5) is 4.79 Å². The molecule has 142 valence electrons. The molecule has 1 aromatic rings. The zero-order valence-corrected chi connectivity index (χ0v) is 15.3. The van der Waals surface area contributed by atoms with E-state index in [4.69, 9.17) is 4.42 Å². The Morgan fingerprint density at radius 1 is 1.42 bits per heavy atom. The summed E-state index contributed by atoms with van der Waals surface area (Å²) in [5.74, 6) is -0.0256.